The van der Waals surface area contributed by atoms with Gasteiger partial charge in [0.25, 0.3) is 0 Å². The molecule has 0 unspecified atom stereocenters. The summed E-state index contributed by atoms with van der Waals surface area (Å²) in [7, 11) is 0. The fourth-order valence-corrected chi connectivity index (χ4v) is 2.76. The molecule has 0 saturated heterocycles. The summed E-state index contributed by atoms with van der Waals surface area (Å²) in [5.74, 6) is 1.75. The Bertz CT molecular complexity index is 992. The molecule has 3 aromatic carbocycles. The van der Waals surface area contributed by atoms with Crippen molar-refractivity contribution in [1.82, 2.24) is 0 Å². The summed E-state index contributed by atoms with van der Waals surface area (Å²) in [6.07, 6.45) is 5.20. The zero-order valence-electron chi connectivity index (χ0n) is 13.8. The van der Waals surface area contributed by atoms with Crippen LogP contribution in [0.3, 0.4) is 0 Å². The van der Waals surface area contributed by atoms with Gasteiger partial charge < -0.3 is 0 Å². The summed E-state index contributed by atoms with van der Waals surface area (Å²) in [6.45, 7) is 1.95. The Morgan fingerprint density at radius 1 is 0.760 bits per heavy atom. The first-order valence-electron chi connectivity index (χ1n) is 7.91. The highest BCUT2D eigenvalue weighted by Crippen LogP contribution is 2.25. The lowest BCUT2D eigenvalue weighted by Gasteiger charge is -2.09. The summed E-state index contributed by atoms with van der Waals surface area (Å²) in [6, 6.07) is 22.0. The number of aryl methyl sites for hydroxylation is 1. The Kier molecular flexibility index (Phi) is 4.59. The van der Waals surface area contributed by atoms with Gasteiger partial charge in [-0.15, -0.1) is 6.42 Å². The average Bonchev–Trinajstić information content (AvgIpc) is 2.67. The zero-order chi connectivity index (χ0) is 17.8. The SMILES string of the molecule is C#CC(=O)c1cccc(-c2cc(C)cc(C(=O)c3ccccc3)c2)c1. The van der Waals surface area contributed by atoms with Gasteiger partial charge in [0.2, 0.25) is 5.78 Å². The fourth-order valence-electron chi connectivity index (χ4n) is 2.76. The highest BCUT2D eigenvalue weighted by Gasteiger charge is 2.12. The minimum atomic E-state index is -0.352. The molecule has 0 saturated carbocycles. The van der Waals surface area contributed by atoms with Gasteiger partial charge in [0, 0.05) is 16.7 Å². The number of terminal acetylenes is 1. The van der Waals surface area contributed by atoms with Crippen LogP contribution in [0.15, 0.2) is 72.8 Å². The van der Waals surface area contributed by atoms with E-state index < -0.39 is 0 Å². The van der Waals surface area contributed by atoms with Crippen molar-refractivity contribution in [3.8, 4) is 23.5 Å². The molecule has 25 heavy (non-hydrogen) atoms. The topological polar surface area (TPSA) is 34.1 Å². The standard InChI is InChI=1S/C23H16O2/c1-3-22(24)19-11-7-10-18(14-19)20-12-16(2)13-21(15-20)23(25)17-8-5-4-6-9-17/h1,4-15H,2H3. The molecule has 0 radical (unpaired) electrons. The van der Waals surface area contributed by atoms with Crippen LogP contribution in [-0.4, -0.2) is 11.6 Å². The Morgan fingerprint density at radius 2 is 1.44 bits per heavy atom. The first-order valence-corrected chi connectivity index (χ1v) is 7.91. The highest BCUT2D eigenvalue weighted by molar-refractivity contribution is 6.10. The smallest absolute Gasteiger partial charge is 0.235 e. The molecular formula is C23H16O2. The van der Waals surface area contributed by atoms with Gasteiger partial charge in [0.15, 0.2) is 5.78 Å². The Morgan fingerprint density at radius 3 is 2.16 bits per heavy atom. The first-order chi connectivity index (χ1) is 12.1. The number of hydrogen-bond donors (Lipinski definition) is 0. The monoisotopic (exact) mass is 324 g/mol. The number of carbonyl (C=O) groups is 2. The summed E-state index contributed by atoms with van der Waals surface area (Å²) in [4.78, 5) is 24.5. The first kappa shape index (κ1) is 16.4. The van der Waals surface area contributed by atoms with E-state index in [0.717, 1.165) is 16.7 Å². The summed E-state index contributed by atoms with van der Waals surface area (Å²) >= 11 is 0. The number of ketones is 2. The molecular weight excluding hydrogens is 308 g/mol. The van der Waals surface area contributed by atoms with Crippen molar-refractivity contribution in [2.45, 2.75) is 6.92 Å². The average molecular weight is 324 g/mol. The lowest BCUT2D eigenvalue weighted by Crippen LogP contribution is -2.02. The Balaban J connectivity index is 2.05. The van der Waals surface area contributed by atoms with Crippen LogP contribution in [0.5, 0.6) is 0 Å². The lowest BCUT2D eigenvalue weighted by molar-refractivity contribution is 0.103. The third-order valence-electron chi connectivity index (χ3n) is 3.96. The second-order valence-corrected chi connectivity index (χ2v) is 5.84. The third-order valence-corrected chi connectivity index (χ3v) is 3.96. The number of hydrogen-bond acceptors (Lipinski definition) is 2. The van der Waals surface area contributed by atoms with E-state index in [1.165, 1.54) is 0 Å². The molecule has 0 aliphatic heterocycles. The highest BCUT2D eigenvalue weighted by atomic mass is 16.1. The molecule has 0 bridgehead atoms. The lowest BCUT2D eigenvalue weighted by atomic mass is 9.95. The van der Waals surface area contributed by atoms with Crippen molar-refractivity contribution >= 4 is 11.6 Å². The summed E-state index contributed by atoms with van der Waals surface area (Å²) in [5, 5.41) is 0. The van der Waals surface area contributed by atoms with Crippen LogP contribution in [0.4, 0.5) is 0 Å². The van der Waals surface area contributed by atoms with Crippen LogP contribution < -0.4 is 0 Å². The van der Waals surface area contributed by atoms with E-state index in [2.05, 4.69) is 5.92 Å². The van der Waals surface area contributed by atoms with Crippen LogP contribution in [0, 0.1) is 19.3 Å². The minimum absolute atomic E-state index is 0.0265. The molecule has 120 valence electrons. The predicted molar refractivity (Wildman–Crippen MR) is 99.7 cm³/mol. The summed E-state index contributed by atoms with van der Waals surface area (Å²) < 4.78 is 0. The van der Waals surface area contributed by atoms with Crippen LogP contribution >= 0.6 is 0 Å². The molecule has 2 heteroatoms. The summed E-state index contributed by atoms with van der Waals surface area (Å²) in [5.41, 5.74) is 4.45. The van der Waals surface area contributed by atoms with Gasteiger partial charge in [0.1, 0.15) is 0 Å². The van der Waals surface area contributed by atoms with Gasteiger partial charge in [-0.05, 0) is 47.7 Å². The second kappa shape index (κ2) is 6.98. The van der Waals surface area contributed by atoms with E-state index in [4.69, 9.17) is 6.42 Å². The quantitative estimate of drug-likeness (QED) is 0.396. The van der Waals surface area contributed by atoms with Crippen molar-refractivity contribution in [1.29, 1.82) is 0 Å². The van der Waals surface area contributed by atoms with E-state index in [9.17, 15) is 9.59 Å². The van der Waals surface area contributed by atoms with Crippen LogP contribution in [0.1, 0.15) is 31.8 Å². The number of carbonyl (C=O) groups excluding carboxylic acids is 2. The van der Waals surface area contributed by atoms with Crippen molar-refractivity contribution in [2.24, 2.45) is 0 Å². The van der Waals surface area contributed by atoms with E-state index in [-0.39, 0.29) is 11.6 Å². The van der Waals surface area contributed by atoms with Crippen LogP contribution in [0.2, 0.25) is 0 Å². The van der Waals surface area contributed by atoms with Gasteiger partial charge >= 0.3 is 0 Å². The molecule has 3 aromatic rings. The molecule has 0 fully saturated rings. The van der Waals surface area contributed by atoms with E-state index in [1.54, 1.807) is 30.3 Å². The van der Waals surface area contributed by atoms with Crippen LogP contribution in [0.25, 0.3) is 11.1 Å². The van der Waals surface area contributed by atoms with Crippen molar-refractivity contribution in [2.75, 3.05) is 0 Å². The molecule has 0 aliphatic rings. The number of benzene rings is 3. The normalized spacial score (nSPS) is 10.1. The van der Waals surface area contributed by atoms with Crippen LogP contribution in [-0.2, 0) is 0 Å². The molecule has 2 nitrogen and oxygen atoms in total. The van der Waals surface area contributed by atoms with Crippen molar-refractivity contribution < 1.29 is 9.59 Å². The van der Waals surface area contributed by atoms with E-state index in [1.807, 2.05) is 49.4 Å². The Labute approximate surface area is 147 Å². The van der Waals surface area contributed by atoms with Gasteiger partial charge in [-0.3, -0.25) is 9.59 Å². The van der Waals surface area contributed by atoms with Gasteiger partial charge in [-0.25, -0.2) is 0 Å². The molecule has 0 aliphatic carbocycles. The van der Waals surface area contributed by atoms with Gasteiger partial charge in [-0.2, -0.15) is 0 Å². The predicted octanol–water partition coefficient (Wildman–Crippen LogP) is 4.71. The van der Waals surface area contributed by atoms with Gasteiger partial charge in [0.05, 0.1) is 0 Å². The Hall–Kier alpha value is -3.44. The minimum Gasteiger partial charge on any atom is -0.289 e. The van der Waals surface area contributed by atoms with Crippen molar-refractivity contribution in [3.05, 3.63) is 95.1 Å². The molecule has 0 aromatic heterocycles. The van der Waals surface area contributed by atoms with Gasteiger partial charge in [-0.1, -0.05) is 54.6 Å². The third kappa shape index (κ3) is 3.57. The molecule has 0 atom stereocenters. The second-order valence-electron chi connectivity index (χ2n) is 5.84. The molecule has 3 rings (SSSR count). The largest absolute Gasteiger partial charge is 0.289 e. The maximum atomic E-state index is 12.7. The molecule has 0 amide bonds. The van der Waals surface area contributed by atoms with Crippen molar-refractivity contribution in [3.63, 3.8) is 0 Å². The molecule has 0 heterocycles. The molecule has 0 spiro atoms. The van der Waals surface area contributed by atoms with E-state index >= 15 is 0 Å². The maximum Gasteiger partial charge on any atom is 0.235 e. The fraction of sp³-hybridized carbons (Fsp3) is 0.0435. The van der Waals surface area contributed by atoms with E-state index in [0.29, 0.717) is 16.7 Å². The number of rotatable bonds is 4. The molecule has 0 N–H and O–H groups in total. The zero-order valence-corrected chi connectivity index (χ0v) is 13.8. The number of Topliss-reactive ketones (excluding diaryl/α,β-unsaturated/α-hetero) is 1. The maximum absolute atomic E-state index is 12.7.